The fourth-order valence-electron chi connectivity index (χ4n) is 1.42. The Morgan fingerprint density at radius 2 is 1.62 bits per heavy atom. The van der Waals surface area contributed by atoms with Crippen LogP contribution >= 0.6 is 0 Å². The third-order valence-corrected chi connectivity index (χ3v) is 2.00. The zero-order valence-corrected chi connectivity index (χ0v) is 6.38. The molecule has 0 aromatic carbocycles. The molecule has 2 aliphatic rings. The lowest BCUT2D eigenvalue weighted by Crippen LogP contribution is -2.40. The zero-order valence-electron chi connectivity index (χ0n) is 6.38. The number of rotatable bonds is 2. The van der Waals surface area contributed by atoms with E-state index in [-0.39, 0.29) is 6.67 Å². The van der Waals surface area contributed by atoms with Gasteiger partial charge in [0, 0.05) is 0 Å². The molecule has 2 N–H and O–H groups in total. The van der Waals surface area contributed by atoms with E-state index in [0.29, 0.717) is 0 Å². The van der Waals surface area contributed by atoms with Crippen LogP contribution in [0.1, 0.15) is 0 Å². The number of nitrogens with one attached hydrogen (secondary N) is 2. The van der Waals surface area contributed by atoms with Crippen molar-refractivity contribution in [2.24, 2.45) is 10.6 Å². The first-order valence-corrected chi connectivity index (χ1v) is 3.53. The number of nitrogens with zero attached hydrogens (tertiary/aromatic N) is 4. The highest BCUT2D eigenvalue weighted by Gasteiger charge is 2.47. The first-order chi connectivity index (χ1) is 6.26. The van der Waals surface area contributed by atoms with Gasteiger partial charge in [-0.2, -0.15) is 0 Å². The van der Waals surface area contributed by atoms with E-state index in [2.05, 4.69) is 21.2 Å². The standard InChI is InChI=1S/C4H6N6O3/c11-4-5-2-3(6-4)10(8-13)1-9(2)7-12/h2-3H,1H2,(H2,5,6,11). The molecule has 2 aliphatic heterocycles. The van der Waals surface area contributed by atoms with Crippen LogP contribution in [0.25, 0.3) is 0 Å². The van der Waals surface area contributed by atoms with Gasteiger partial charge in [0.25, 0.3) is 0 Å². The number of carbonyl (C=O) groups is 1. The number of urea groups is 1. The number of carbonyl (C=O) groups excluding carboxylic acids is 1. The molecular formula is C4H6N6O3. The molecule has 2 rings (SSSR count). The maximum Gasteiger partial charge on any atom is 0.318 e. The third kappa shape index (κ3) is 0.965. The van der Waals surface area contributed by atoms with Crippen molar-refractivity contribution >= 4 is 6.03 Å². The summed E-state index contributed by atoms with van der Waals surface area (Å²) < 4.78 is 0. The molecule has 0 spiro atoms. The minimum Gasteiger partial charge on any atom is -0.313 e. The summed E-state index contributed by atoms with van der Waals surface area (Å²) in [6, 6.07) is -0.447. The molecule has 2 unspecified atom stereocenters. The van der Waals surface area contributed by atoms with E-state index >= 15 is 0 Å². The number of nitroso groups, excluding NO2 is 2. The first kappa shape index (κ1) is 7.71. The topological polar surface area (TPSA) is 106 Å². The van der Waals surface area contributed by atoms with Crippen LogP contribution in [0.5, 0.6) is 0 Å². The summed E-state index contributed by atoms with van der Waals surface area (Å²) in [5.41, 5.74) is 0. The largest absolute Gasteiger partial charge is 0.318 e. The average molecular weight is 186 g/mol. The maximum atomic E-state index is 10.8. The van der Waals surface area contributed by atoms with Gasteiger partial charge in [-0.1, -0.05) is 0 Å². The van der Waals surface area contributed by atoms with Gasteiger partial charge in [-0.3, -0.25) is 0 Å². The normalized spacial score (nSPS) is 30.9. The molecule has 70 valence electrons. The zero-order chi connectivity index (χ0) is 9.42. The highest BCUT2D eigenvalue weighted by molar-refractivity contribution is 5.77. The van der Waals surface area contributed by atoms with Gasteiger partial charge in [0.15, 0.2) is 12.3 Å². The lowest BCUT2D eigenvalue weighted by molar-refractivity contribution is 0.195. The molecule has 0 saturated carbocycles. The second kappa shape index (κ2) is 2.54. The molecular weight excluding hydrogens is 180 g/mol. The van der Waals surface area contributed by atoms with Crippen molar-refractivity contribution in [2.75, 3.05) is 6.67 Å². The Balaban J connectivity index is 2.20. The Hall–Kier alpha value is -1.93. The van der Waals surface area contributed by atoms with Crippen LogP contribution in [-0.2, 0) is 0 Å². The summed E-state index contributed by atoms with van der Waals surface area (Å²) in [4.78, 5) is 31.3. The van der Waals surface area contributed by atoms with Crippen molar-refractivity contribution in [3.05, 3.63) is 9.81 Å². The van der Waals surface area contributed by atoms with Crippen LogP contribution < -0.4 is 10.6 Å². The van der Waals surface area contributed by atoms with Gasteiger partial charge in [-0.25, -0.2) is 14.8 Å². The number of amides is 2. The smallest absolute Gasteiger partial charge is 0.313 e. The summed E-state index contributed by atoms with van der Waals surface area (Å²) in [7, 11) is 0. The van der Waals surface area contributed by atoms with Crippen molar-refractivity contribution < 1.29 is 4.79 Å². The monoisotopic (exact) mass is 186 g/mol. The number of hydrogen-bond donors (Lipinski definition) is 2. The van der Waals surface area contributed by atoms with Gasteiger partial charge in [-0.05, 0) is 0 Å². The van der Waals surface area contributed by atoms with E-state index in [1.54, 1.807) is 0 Å². The highest BCUT2D eigenvalue weighted by atomic mass is 16.3. The van der Waals surface area contributed by atoms with Gasteiger partial charge in [-0.15, -0.1) is 9.81 Å². The Bertz CT molecular complexity index is 245. The molecule has 13 heavy (non-hydrogen) atoms. The predicted octanol–water partition coefficient (Wildman–Crippen LogP) is -1.11. The van der Waals surface area contributed by atoms with E-state index in [4.69, 9.17) is 0 Å². The Kier molecular flexibility index (Phi) is 1.50. The van der Waals surface area contributed by atoms with E-state index in [1.165, 1.54) is 0 Å². The fraction of sp³-hybridized carbons (Fsp3) is 0.750. The molecule has 2 saturated heterocycles. The summed E-state index contributed by atoms with van der Waals surface area (Å²) in [6.07, 6.45) is -1.22. The minimum atomic E-state index is -0.609. The average Bonchev–Trinajstić information content (AvgIpc) is 2.61. The highest BCUT2D eigenvalue weighted by Crippen LogP contribution is 2.20. The van der Waals surface area contributed by atoms with Gasteiger partial charge in [0.1, 0.15) is 6.67 Å². The molecule has 0 aromatic rings. The molecule has 2 heterocycles. The van der Waals surface area contributed by atoms with E-state index in [0.717, 1.165) is 10.0 Å². The molecule has 0 aromatic heterocycles. The van der Waals surface area contributed by atoms with Crippen LogP contribution in [0.2, 0.25) is 0 Å². The molecule has 2 amide bonds. The van der Waals surface area contributed by atoms with Crippen molar-refractivity contribution in [1.29, 1.82) is 0 Å². The fourth-order valence-corrected chi connectivity index (χ4v) is 1.42. The molecule has 2 atom stereocenters. The number of hydrogen-bond acceptors (Lipinski definition) is 5. The lowest BCUT2D eigenvalue weighted by atomic mass is 10.4. The van der Waals surface area contributed by atoms with Gasteiger partial charge in [0.05, 0.1) is 10.6 Å². The van der Waals surface area contributed by atoms with Crippen LogP contribution in [0, 0.1) is 9.81 Å². The lowest BCUT2D eigenvalue weighted by Gasteiger charge is -2.11. The SMILES string of the molecule is O=NN1CN(N=O)C2NC(=O)NC21. The predicted molar refractivity (Wildman–Crippen MR) is 39.4 cm³/mol. The summed E-state index contributed by atoms with van der Waals surface area (Å²) in [5, 5.41) is 12.2. The van der Waals surface area contributed by atoms with Crippen LogP contribution in [-0.4, -0.2) is 35.0 Å². The first-order valence-electron chi connectivity index (χ1n) is 3.53. The molecule has 9 heteroatoms. The van der Waals surface area contributed by atoms with E-state index in [1.807, 2.05) is 0 Å². The quantitative estimate of drug-likeness (QED) is 0.532. The molecule has 0 aliphatic carbocycles. The number of fused-ring (bicyclic) bond motifs is 1. The van der Waals surface area contributed by atoms with E-state index < -0.39 is 18.4 Å². The van der Waals surface area contributed by atoms with Crippen LogP contribution in [0.3, 0.4) is 0 Å². The van der Waals surface area contributed by atoms with Crippen molar-refractivity contribution in [2.45, 2.75) is 12.3 Å². The van der Waals surface area contributed by atoms with Crippen molar-refractivity contribution in [3.8, 4) is 0 Å². The van der Waals surface area contributed by atoms with Crippen molar-refractivity contribution in [1.82, 2.24) is 20.7 Å². The van der Waals surface area contributed by atoms with Crippen LogP contribution in [0.4, 0.5) is 4.79 Å². The summed E-state index contributed by atoms with van der Waals surface area (Å²) in [6.45, 7) is -0.0182. The Morgan fingerprint density at radius 1 is 1.15 bits per heavy atom. The Morgan fingerprint density at radius 3 is 2.00 bits per heavy atom. The molecule has 0 bridgehead atoms. The van der Waals surface area contributed by atoms with Gasteiger partial charge >= 0.3 is 6.03 Å². The third-order valence-electron chi connectivity index (χ3n) is 2.00. The minimum absolute atomic E-state index is 0.0182. The second-order valence-corrected chi connectivity index (χ2v) is 2.69. The Labute approximate surface area is 71.9 Å². The molecule has 2 fully saturated rings. The maximum absolute atomic E-state index is 10.8. The van der Waals surface area contributed by atoms with Gasteiger partial charge < -0.3 is 10.6 Å². The second-order valence-electron chi connectivity index (χ2n) is 2.69. The van der Waals surface area contributed by atoms with E-state index in [9.17, 15) is 14.6 Å². The summed E-state index contributed by atoms with van der Waals surface area (Å²) >= 11 is 0. The summed E-state index contributed by atoms with van der Waals surface area (Å²) in [5.74, 6) is 0. The van der Waals surface area contributed by atoms with Crippen LogP contribution in [0.15, 0.2) is 10.6 Å². The van der Waals surface area contributed by atoms with Crippen molar-refractivity contribution in [3.63, 3.8) is 0 Å². The van der Waals surface area contributed by atoms with Gasteiger partial charge in [0.2, 0.25) is 0 Å². The molecule has 0 radical (unpaired) electrons. The molecule has 9 nitrogen and oxygen atoms in total.